The Kier molecular flexibility index (Phi) is 6.07. The number of fused-ring (bicyclic) bond motifs is 1. The maximum absolute atomic E-state index is 13.9. The molecule has 1 N–H and O–H groups in total. The van der Waals surface area contributed by atoms with Crippen LogP contribution in [0.4, 0.5) is 0 Å². The van der Waals surface area contributed by atoms with Crippen molar-refractivity contribution in [2.45, 2.75) is 77.0 Å². The van der Waals surface area contributed by atoms with Gasteiger partial charge in [0.25, 0.3) is 5.91 Å². The van der Waals surface area contributed by atoms with Crippen molar-refractivity contribution >= 4 is 11.8 Å². The number of benzene rings is 1. The van der Waals surface area contributed by atoms with Crippen molar-refractivity contribution in [1.29, 1.82) is 0 Å². The van der Waals surface area contributed by atoms with Crippen molar-refractivity contribution in [3.05, 3.63) is 71.6 Å². The molecule has 0 unspecified atom stereocenters. The lowest BCUT2D eigenvalue weighted by Crippen LogP contribution is -2.64. The molecule has 1 atom stereocenters. The first-order valence-electron chi connectivity index (χ1n) is 12.4. The Bertz CT molecular complexity index is 1150. The molecule has 3 heterocycles. The van der Waals surface area contributed by atoms with Crippen LogP contribution in [0, 0.1) is 6.92 Å². The first kappa shape index (κ1) is 22.5. The molecule has 6 nitrogen and oxygen atoms in total. The van der Waals surface area contributed by atoms with Gasteiger partial charge in [-0.05, 0) is 56.5 Å². The number of amides is 2. The fraction of sp³-hybridized carbons (Fsp3) is 0.429. The van der Waals surface area contributed by atoms with Crippen molar-refractivity contribution in [3.63, 3.8) is 0 Å². The van der Waals surface area contributed by atoms with Crippen LogP contribution in [-0.2, 0) is 17.9 Å². The first-order chi connectivity index (χ1) is 16.5. The van der Waals surface area contributed by atoms with Gasteiger partial charge >= 0.3 is 0 Å². The lowest BCUT2D eigenvalue weighted by Gasteiger charge is -2.45. The second-order valence-corrected chi connectivity index (χ2v) is 9.98. The predicted octanol–water partition coefficient (Wildman–Crippen LogP) is 5.31. The molecule has 1 aromatic carbocycles. The van der Waals surface area contributed by atoms with Crippen LogP contribution in [0.5, 0.6) is 0 Å². The fourth-order valence-corrected chi connectivity index (χ4v) is 5.30. The van der Waals surface area contributed by atoms with Crippen molar-refractivity contribution in [2.24, 2.45) is 0 Å². The van der Waals surface area contributed by atoms with Gasteiger partial charge in [0.15, 0.2) is 0 Å². The summed E-state index contributed by atoms with van der Waals surface area (Å²) in [5.41, 5.74) is 2.55. The molecule has 34 heavy (non-hydrogen) atoms. The Morgan fingerprint density at radius 3 is 2.41 bits per heavy atom. The second kappa shape index (κ2) is 9.16. The van der Waals surface area contributed by atoms with E-state index in [1.165, 1.54) is 18.4 Å². The average Bonchev–Trinajstić information content (AvgIpc) is 3.43. The third kappa shape index (κ3) is 4.17. The summed E-state index contributed by atoms with van der Waals surface area (Å²) >= 11 is 0. The van der Waals surface area contributed by atoms with Crippen LogP contribution >= 0.6 is 0 Å². The van der Waals surface area contributed by atoms with E-state index in [0.717, 1.165) is 36.9 Å². The maximum Gasteiger partial charge on any atom is 0.271 e. The number of carbonyl (C=O) groups excluding carboxylic acids is 2. The standard InChI is InChI=1S/C28H33N3O3/c1-20-11-13-21(14-12-20)18-31-26(32)24-16-15-23(25-10-7-17-34-25)30(24)19-28(31,2)27(33)29-22-8-5-3-4-6-9-22/h7,10-17,22H,3-6,8-9,18-19H2,1-2H3,(H,29,33)/t28-/m0/s1. The highest BCUT2D eigenvalue weighted by atomic mass is 16.3. The average molecular weight is 460 g/mol. The highest BCUT2D eigenvalue weighted by molar-refractivity contribution is 6.00. The summed E-state index contributed by atoms with van der Waals surface area (Å²) in [4.78, 5) is 29.5. The van der Waals surface area contributed by atoms with Crippen LogP contribution in [0.25, 0.3) is 11.5 Å². The topological polar surface area (TPSA) is 67.5 Å². The van der Waals surface area contributed by atoms with E-state index >= 15 is 0 Å². The van der Waals surface area contributed by atoms with Gasteiger partial charge in [-0.3, -0.25) is 9.59 Å². The molecule has 2 aliphatic rings. The van der Waals surface area contributed by atoms with Gasteiger partial charge in [-0.15, -0.1) is 0 Å². The Morgan fingerprint density at radius 2 is 1.74 bits per heavy atom. The Labute approximate surface area is 200 Å². The Morgan fingerprint density at radius 1 is 1.03 bits per heavy atom. The van der Waals surface area contributed by atoms with Gasteiger partial charge in [0.2, 0.25) is 5.91 Å². The Hall–Kier alpha value is -3.28. The second-order valence-electron chi connectivity index (χ2n) is 9.98. The number of aromatic nitrogens is 1. The van der Waals surface area contributed by atoms with Gasteiger partial charge in [-0.25, -0.2) is 0 Å². The zero-order valence-electron chi connectivity index (χ0n) is 20.0. The van der Waals surface area contributed by atoms with Gasteiger partial charge in [0.1, 0.15) is 17.0 Å². The smallest absolute Gasteiger partial charge is 0.271 e. The fourth-order valence-electron chi connectivity index (χ4n) is 5.30. The van der Waals surface area contributed by atoms with E-state index in [9.17, 15) is 9.59 Å². The summed E-state index contributed by atoms with van der Waals surface area (Å²) in [6, 6.07) is 15.8. The van der Waals surface area contributed by atoms with Crippen molar-refractivity contribution in [2.75, 3.05) is 0 Å². The molecule has 5 rings (SSSR count). The molecule has 0 radical (unpaired) electrons. The molecule has 178 valence electrons. The summed E-state index contributed by atoms with van der Waals surface area (Å²) in [5, 5.41) is 3.32. The third-order valence-electron chi connectivity index (χ3n) is 7.42. The number of hydrogen-bond donors (Lipinski definition) is 1. The van der Waals surface area contributed by atoms with E-state index in [4.69, 9.17) is 4.42 Å². The lowest BCUT2D eigenvalue weighted by atomic mass is 9.92. The summed E-state index contributed by atoms with van der Waals surface area (Å²) in [6.45, 7) is 4.71. The molecule has 0 bridgehead atoms. The molecule has 1 aliphatic heterocycles. The number of nitrogens with zero attached hydrogens (tertiary/aromatic N) is 2. The maximum atomic E-state index is 13.9. The molecule has 0 spiro atoms. The summed E-state index contributed by atoms with van der Waals surface area (Å²) in [7, 11) is 0. The van der Waals surface area contributed by atoms with Crippen LogP contribution in [0.2, 0.25) is 0 Å². The van der Waals surface area contributed by atoms with Crippen LogP contribution in [0.15, 0.2) is 59.2 Å². The van der Waals surface area contributed by atoms with Gasteiger partial charge in [0, 0.05) is 12.6 Å². The number of rotatable bonds is 5. The molecule has 6 heteroatoms. The van der Waals surface area contributed by atoms with Crippen molar-refractivity contribution < 1.29 is 14.0 Å². The zero-order chi connectivity index (χ0) is 23.7. The number of aryl methyl sites for hydroxylation is 1. The quantitative estimate of drug-likeness (QED) is 0.526. The largest absolute Gasteiger partial charge is 0.463 e. The zero-order valence-corrected chi connectivity index (χ0v) is 20.0. The molecule has 2 aromatic heterocycles. The lowest BCUT2D eigenvalue weighted by molar-refractivity contribution is -0.134. The summed E-state index contributed by atoms with van der Waals surface area (Å²) in [5.74, 6) is 0.477. The van der Waals surface area contributed by atoms with E-state index in [1.54, 1.807) is 11.2 Å². The van der Waals surface area contributed by atoms with E-state index < -0.39 is 5.54 Å². The van der Waals surface area contributed by atoms with Crippen molar-refractivity contribution in [3.8, 4) is 11.5 Å². The van der Waals surface area contributed by atoms with Crippen LogP contribution in [0.3, 0.4) is 0 Å². The third-order valence-corrected chi connectivity index (χ3v) is 7.42. The van der Waals surface area contributed by atoms with E-state index in [0.29, 0.717) is 24.5 Å². The van der Waals surface area contributed by atoms with E-state index in [1.807, 2.05) is 66.9 Å². The highest BCUT2D eigenvalue weighted by Crippen LogP contribution is 2.34. The normalized spacial score (nSPS) is 21.2. The number of carbonyl (C=O) groups is 2. The monoisotopic (exact) mass is 459 g/mol. The number of hydrogen-bond acceptors (Lipinski definition) is 3. The minimum Gasteiger partial charge on any atom is -0.463 e. The van der Waals surface area contributed by atoms with E-state index in [2.05, 4.69) is 5.32 Å². The number of nitrogens with one attached hydrogen (secondary N) is 1. The van der Waals surface area contributed by atoms with E-state index in [-0.39, 0.29) is 17.9 Å². The summed E-state index contributed by atoms with van der Waals surface area (Å²) in [6.07, 6.45) is 8.35. The number of furan rings is 1. The highest BCUT2D eigenvalue weighted by Gasteiger charge is 2.48. The molecule has 3 aromatic rings. The molecule has 2 amide bonds. The Balaban J connectivity index is 1.51. The molecule has 1 saturated carbocycles. The van der Waals surface area contributed by atoms with Crippen LogP contribution in [0.1, 0.15) is 67.1 Å². The minimum absolute atomic E-state index is 0.0791. The molecule has 1 aliphatic carbocycles. The van der Waals surface area contributed by atoms with Crippen molar-refractivity contribution in [1.82, 2.24) is 14.8 Å². The SMILES string of the molecule is Cc1ccc(CN2C(=O)c3ccc(-c4ccco4)n3C[C@@]2(C)C(=O)NC2CCCCCC2)cc1. The molecule has 0 saturated heterocycles. The van der Waals surface area contributed by atoms with Gasteiger partial charge in [-0.1, -0.05) is 55.5 Å². The first-order valence-corrected chi connectivity index (χ1v) is 12.4. The minimum atomic E-state index is -1.03. The van der Waals surface area contributed by atoms with Gasteiger partial charge in [0.05, 0.1) is 18.5 Å². The predicted molar refractivity (Wildman–Crippen MR) is 131 cm³/mol. The van der Waals surface area contributed by atoms with Crippen LogP contribution in [-0.4, -0.2) is 32.9 Å². The molecule has 1 fully saturated rings. The van der Waals surface area contributed by atoms with Gasteiger partial charge < -0.3 is 19.2 Å². The van der Waals surface area contributed by atoms with Crippen LogP contribution < -0.4 is 5.32 Å². The van der Waals surface area contributed by atoms with Gasteiger partial charge in [-0.2, -0.15) is 0 Å². The molecular weight excluding hydrogens is 426 g/mol. The summed E-state index contributed by atoms with van der Waals surface area (Å²) < 4.78 is 7.57. The molecular formula is C28H33N3O3.